The Hall–Kier alpha value is -2.16. The van der Waals surface area contributed by atoms with Gasteiger partial charge in [-0.2, -0.15) is 0 Å². The summed E-state index contributed by atoms with van der Waals surface area (Å²) < 4.78 is 12.8. The third-order valence-corrected chi connectivity index (χ3v) is 3.13. The summed E-state index contributed by atoms with van der Waals surface area (Å²) in [7, 11) is 0. The smallest absolute Gasteiger partial charge is 0.310 e. The molecule has 0 aliphatic rings. The summed E-state index contributed by atoms with van der Waals surface area (Å²) >= 11 is 0. The van der Waals surface area contributed by atoms with Crippen LogP contribution in [0.3, 0.4) is 0 Å². The van der Waals surface area contributed by atoms with E-state index in [1.54, 1.807) is 12.1 Å². The molecule has 1 unspecified atom stereocenters. The molecule has 0 amide bonds. The second-order valence-electron chi connectivity index (χ2n) is 4.47. The Bertz CT molecular complexity index is 534. The van der Waals surface area contributed by atoms with Crippen molar-refractivity contribution in [2.45, 2.75) is 18.8 Å². The fourth-order valence-electron chi connectivity index (χ4n) is 2.08. The van der Waals surface area contributed by atoms with E-state index in [0.29, 0.717) is 12.8 Å². The minimum absolute atomic E-state index is 0.276. The van der Waals surface area contributed by atoms with E-state index >= 15 is 0 Å². The molecule has 1 atom stereocenters. The molecular weight excluding hydrogens is 243 g/mol. The molecule has 0 spiro atoms. The SMILES string of the molecule is O=C(O)C(CCc1ccc(F)cc1)c1ccccc1. The van der Waals surface area contributed by atoms with E-state index < -0.39 is 11.9 Å². The Labute approximate surface area is 111 Å². The van der Waals surface area contributed by atoms with Gasteiger partial charge in [0.2, 0.25) is 0 Å². The Morgan fingerprint density at radius 1 is 1.05 bits per heavy atom. The summed E-state index contributed by atoms with van der Waals surface area (Å²) in [6.07, 6.45) is 1.12. The number of benzene rings is 2. The number of halogens is 1. The third-order valence-electron chi connectivity index (χ3n) is 3.13. The van der Waals surface area contributed by atoms with Crippen molar-refractivity contribution < 1.29 is 14.3 Å². The van der Waals surface area contributed by atoms with Crippen LogP contribution in [-0.2, 0) is 11.2 Å². The van der Waals surface area contributed by atoms with Crippen LogP contribution in [0.15, 0.2) is 54.6 Å². The predicted molar refractivity (Wildman–Crippen MR) is 71.5 cm³/mol. The fraction of sp³-hybridized carbons (Fsp3) is 0.188. The topological polar surface area (TPSA) is 37.3 Å². The zero-order valence-corrected chi connectivity index (χ0v) is 10.4. The number of aliphatic carboxylic acids is 1. The lowest BCUT2D eigenvalue weighted by Gasteiger charge is -2.12. The van der Waals surface area contributed by atoms with Gasteiger partial charge in [0.25, 0.3) is 0 Å². The molecule has 3 heteroatoms. The standard InChI is InChI=1S/C16H15FO2/c17-14-9-6-12(7-10-14)8-11-15(16(18)19)13-4-2-1-3-5-13/h1-7,9-10,15H,8,11H2,(H,18,19). The van der Waals surface area contributed by atoms with Crippen LogP contribution in [0.5, 0.6) is 0 Å². The van der Waals surface area contributed by atoms with E-state index in [0.717, 1.165) is 11.1 Å². The van der Waals surface area contributed by atoms with E-state index in [2.05, 4.69) is 0 Å². The highest BCUT2D eigenvalue weighted by atomic mass is 19.1. The van der Waals surface area contributed by atoms with Gasteiger partial charge in [-0.3, -0.25) is 4.79 Å². The monoisotopic (exact) mass is 258 g/mol. The van der Waals surface area contributed by atoms with Gasteiger partial charge in [0.1, 0.15) is 5.82 Å². The first-order chi connectivity index (χ1) is 9.16. The van der Waals surface area contributed by atoms with Crippen molar-refractivity contribution in [2.75, 3.05) is 0 Å². The fourth-order valence-corrected chi connectivity index (χ4v) is 2.08. The van der Waals surface area contributed by atoms with Crippen LogP contribution >= 0.6 is 0 Å². The molecule has 19 heavy (non-hydrogen) atoms. The first-order valence-corrected chi connectivity index (χ1v) is 6.19. The number of hydrogen-bond donors (Lipinski definition) is 1. The molecule has 2 nitrogen and oxygen atoms in total. The largest absolute Gasteiger partial charge is 0.481 e. The molecule has 0 bridgehead atoms. The summed E-state index contributed by atoms with van der Waals surface area (Å²) in [6, 6.07) is 15.4. The summed E-state index contributed by atoms with van der Waals surface area (Å²) in [5, 5.41) is 9.29. The van der Waals surface area contributed by atoms with Gasteiger partial charge >= 0.3 is 5.97 Å². The molecular formula is C16H15FO2. The molecule has 0 aliphatic heterocycles. The summed E-state index contributed by atoms with van der Waals surface area (Å²) in [6.45, 7) is 0. The third kappa shape index (κ3) is 3.65. The molecule has 1 N–H and O–H groups in total. The predicted octanol–water partition coefficient (Wildman–Crippen LogP) is 3.63. The van der Waals surface area contributed by atoms with Gasteiger partial charge in [-0.05, 0) is 36.1 Å². The molecule has 0 heterocycles. The van der Waals surface area contributed by atoms with Crippen molar-refractivity contribution in [1.29, 1.82) is 0 Å². The van der Waals surface area contributed by atoms with Crippen molar-refractivity contribution in [3.05, 3.63) is 71.5 Å². The number of rotatable bonds is 5. The maximum Gasteiger partial charge on any atom is 0.310 e. The Kier molecular flexibility index (Phi) is 4.29. The average Bonchev–Trinajstić information content (AvgIpc) is 2.42. The second-order valence-corrected chi connectivity index (χ2v) is 4.47. The minimum Gasteiger partial charge on any atom is -0.481 e. The molecule has 0 aromatic heterocycles. The lowest BCUT2D eigenvalue weighted by Crippen LogP contribution is -2.12. The highest BCUT2D eigenvalue weighted by Crippen LogP contribution is 2.22. The lowest BCUT2D eigenvalue weighted by atomic mass is 9.92. The van der Waals surface area contributed by atoms with E-state index in [1.165, 1.54) is 12.1 Å². The Morgan fingerprint density at radius 3 is 2.26 bits per heavy atom. The highest BCUT2D eigenvalue weighted by Gasteiger charge is 2.19. The first kappa shape index (κ1) is 13.3. The highest BCUT2D eigenvalue weighted by molar-refractivity contribution is 5.76. The van der Waals surface area contributed by atoms with Crippen molar-refractivity contribution in [2.24, 2.45) is 0 Å². The molecule has 0 saturated heterocycles. The van der Waals surface area contributed by atoms with Crippen LogP contribution in [0, 0.1) is 5.82 Å². The van der Waals surface area contributed by atoms with Crippen LogP contribution < -0.4 is 0 Å². The van der Waals surface area contributed by atoms with Gasteiger partial charge in [-0.25, -0.2) is 4.39 Å². The number of aryl methyl sites for hydroxylation is 1. The van der Waals surface area contributed by atoms with E-state index in [-0.39, 0.29) is 5.82 Å². The first-order valence-electron chi connectivity index (χ1n) is 6.19. The summed E-state index contributed by atoms with van der Waals surface area (Å²) in [5.41, 5.74) is 1.75. The van der Waals surface area contributed by atoms with Crippen molar-refractivity contribution in [1.82, 2.24) is 0 Å². The van der Waals surface area contributed by atoms with E-state index in [4.69, 9.17) is 0 Å². The second kappa shape index (κ2) is 6.14. The van der Waals surface area contributed by atoms with Crippen LogP contribution in [0.25, 0.3) is 0 Å². The molecule has 0 fully saturated rings. The van der Waals surface area contributed by atoms with Crippen LogP contribution in [0.1, 0.15) is 23.5 Å². The van der Waals surface area contributed by atoms with Gasteiger partial charge in [0.15, 0.2) is 0 Å². The number of hydrogen-bond acceptors (Lipinski definition) is 1. The maximum absolute atomic E-state index is 12.8. The van der Waals surface area contributed by atoms with Crippen LogP contribution in [-0.4, -0.2) is 11.1 Å². The number of carboxylic acids is 1. The molecule has 0 saturated carbocycles. The van der Waals surface area contributed by atoms with E-state index in [9.17, 15) is 14.3 Å². The van der Waals surface area contributed by atoms with Crippen molar-refractivity contribution in [3.63, 3.8) is 0 Å². The van der Waals surface area contributed by atoms with Crippen molar-refractivity contribution >= 4 is 5.97 Å². The summed E-state index contributed by atoms with van der Waals surface area (Å²) in [4.78, 5) is 11.3. The summed E-state index contributed by atoms with van der Waals surface area (Å²) in [5.74, 6) is -1.62. The van der Waals surface area contributed by atoms with Gasteiger partial charge in [0, 0.05) is 0 Å². The molecule has 2 aromatic carbocycles. The quantitative estimate of drug-likeness (QED) is 0.889. The van der Waals surface area contributed by atoms with Crippen molar-refractivity contribution in [3.8, 4) is 0 Å². The van der Waals surface area contributed by atoms with Gasteiger partial charge in [0.05, 0.1) is 5.92 Å². The number of carbonyl (C=O) groups is 1. The Morgan fingerprint density at radius 2 is 1.68 bits per heavy atom. The average molecular weight is 258 g/mol. The lowest BCUT2D eigenvalue weighted by molar-refractivity contribution is -0.138. The molecule has 98 valence electrons. The zero-order chi connectivity index (χ0) is 13.7. The normalized spacial score (nSPS) is 12.1. The zero-order valence-electron chi connectivity index (χ0n) is 10.4. The molecule has 2 rings (SSSR count). The number of carboxylic acid groups (broad SMARTS) is 1. The minimum atomic E-state index is -0.826. The maximum atomic E-state index is 12.8. The van der Waals surface area contributed by atoms with Crippen LogP contribution in [0.4, 0.5) is 4.39 Å². The molecule has 0 aliphatic carbocycles. The molecule has 2 aromatic rings. The van der Waals surface area contributed by atoms with E-state index in [1.807, 2.05) is 30.3 Å². The van der Waals surface area contributed by atoms with Gasteiger partial charge < -0.3 is 5.11 Å². The van der Waals surface area contributed by atoms with Crippen LogP contribution in [0.2, 0.25) is 0 Å². The molecule has 0 radical (unpaired) electrons. The van der Waals surface area contributed by atoms with Gasteiger partial charge in [-0.1, -0.05) is 42.5 Å². The van der Waals surface area contributed by atoms with Gasteiger partial charge in [-0.15, -0.1) is 0 Å². The Balaban J connectivity index is 2.06.